The highest BCUT2D eigenvalue weighted by Gasteiger charge is 2.30. The Hall–Kier alpha value is -1.07. The van der Waals surface area contributed by atoms with Gasteiger partial charge in [0.05, 0.1) is 5.56 Å². The maximum absolute atomic E-state index is 12.3. The average molecular weight is 230 g/mol. The summed E-state index contributed by atoms with van der Waals surface area (Å²) in [4.78, 5) is 0. The molecular weight excluding hydrogens is 217 g/mol. The summed E-state index contributed by atoms with van der Waals surface area (Å²) in [5.41, 5.74) is 0.333. The minimum Gasteiger partial charge on any atom is -0.269 e. The van der Waals surface area contributed by atoms with Gasteiger partial charge in [0.1, 0.15) is 0 Å². The Morgan fingerprint density at radius 2 is 1.81 bits per heavy atom. The largest absolute Gasteiger partial charge is 0.416 e. The Balaban J connectivity index is 2.14. The van der Waals surface area contributed by atoms with Gasteiger partial charge in [0.25, 0.3) is 0 Å². The molecule has 5 heteroatoms. The molecule has 0 amide bonds. The van der Waals surface area contributed by atoms with E-state index in [4.69, 9.17) is 5.84 Å². The topological polar surface area (TPSA) is 29.3 Å². The van der Waals surface area contributed by atoms with Crippen LogP contribution in [0.3, 0.4) is 0 Å². The van der Waals surface area contributed by atoms with Crippen molar-refractivity contribution in [3.8, 4) is 0 Å². The molecule has 0 saturated carbocycles. The third kappa shape index (κ3) is 2.36. The zero-order valence-corrected chi connectivity index (χ0v) is 8.67. The summed E-state index contributed by atoms with van der Waals surface area (Å²) in [6.07, 6.45) is -3.35. The summed E-state index contributed by atoms with van der Waals surface area (Å²) in [5, 5.41) is 1.70. The number of nitrogens with zero attached hydrogens (tertiary/aromatic N) is 1. The van der Waals surface area contributed by atoms with E-state index < -0.39 is 11.7 Å². The Bertz CT molecular complexity index is 358. The van der Waals surface area contributed by atoms with Gasteiger partial charge in [0.2, 0.25) is 0 Å². The minimum absolute atomic E-state index is 0.257. The second kappa shape index (κ2) is 4.07. The minimum atomic E-state index is -4.26. The lowest BCUT2D eigenvalue weighted by Gasteiger charge is -2.12. The quantitative estimate of drug-likeness (QED) is 0.750. The molecule has 2 nitrogen and oxygen atoms in total. The van der Waals surface area contributed by atoms with Crippen molar-refractivity contribution in [3.63, 3.8) is 0 Å². The Labute approximate surface area is 91.8 Å². The molecule has 1 fully saturated rings. The zero-order chi connectivity index (χ0) is 11.8. The van der Waals surface area contributed by atoms with Gasteiger partial charge < -0.3 is 0 Å². The molecule has 1 aromatic rings. The van der Waals surface area contributed by atoms with E-state index in [9.17, 15) is 13.2 Å². The summed E-state index contributed by atoms with van der Waals surface area (Å²) in [7, 11) is 0. The monoisotopic (exact) mass is 230 g/mol. The predicted molar refractivity (Wildman–Crippen MR) is 54.6 cm³/mol. The maximum atomic E-state index is 12.3. The van der Waals surface area contributed by atoms with Crippen LogP contribution in [0.25, 0.3) is 0 Å². The summed E-state index contributed by atoms with van der Waals surface area (Å²) < 4.78 is 37.0. The van der Waals surface area contributed by atoms with Crippen LogP contribution in [0.4, 0.5) is 13.2 Å². The van der Waals surface area contributed by atoms with E-state index in [1.807, 2.05) is 0 Å². The third-order valence-electron chi connectivity index (χ3n) is 2.93. The molecule has 88 valence electrons. The molecule has 0 radical (unpaired) electrons. The molecule has 0 bridgehead atoms. The van der Waals surface area contributed by atoms with Crippen LogP contribution in [-0.2, 0) is 6.18 Å². The van der Waals surface area contributed by atoms with Crippen molar-refractivity contribution in [2.24, 2.45) is 5.84 Å². The Morgan fingerprint density at radius 1 is 1.19 bits per heavy atom. The fourth-order valence-electron chi connectivity index (χ4n) is 2.00. The smallest absolute Gasteiger partial charge is 0.269 e. The van der Waals surface area contributed by atoms with Crippen molar-refractivity contribution in [1.82, 2.24) is 5.01 Å². The van der Waals surface area contributed by atoms with Crippen LogP contribution in [0.1, 0.15) is 23.5 Å². The van der Waals surface area contributed by atoms with E-state index in [0.29, 0.717) is 6.54 Å². The van der Waals surface area contributed by atoms with Gasteiger partial charge in [-0.15, -0.1) is 0 Å². The van der Waals surface area contributed by atoms with Gasteiger partial charge in [-0.2, -0.15) is 13.2 Å². The van der Waals surface area contributed by atoms with Crippen molar-refractivity contribution in [3.05, 3.63) is 35.4 Å². The fraction of sp³-hybridized carbons (Fsp3) is 0.455. The molecule has 0 aromatic heterocycles. The van der Waals surface area contributed by atoms with Gasteiger partial charge in [0, 0.05) is 13.1 Å². The second-order valence-electron chi connectivity index (χ2n) is 4.10. The fourth-order valence-corrected chi connectivity index (χ4v) is 2.00. The molecule has 1 saturated heterocycles. The molecular formula is C11H13F3N2. The first-order valence-electron chi connectivity index (χ1n) is 5.13. The lowest BCUT2D eigenvalue weighted by molar-refractivity contribution is -0.137. The van der Waals surface area contributed by atoms with Crippen LogP contribution in [0.15, 0.2) is 24.3 Å². The average Bonchev–Trinajstić information content (AvgIpc) is 2.64. The number of alkyl halides is 3. The van der Waals surface area contributed by atoms with E-state index in [2.05, 4.69) is 0 Å². The molecule has 2 rings (SSSR count). The van der Waals surface area contributed by atoms with Crippen molar-refractivity contribution >= 4 is 0 Å². The lowest BCUT2D eigenvalue weighted by Crippen LogP contribution is -2.27. The number of halogens is 3. The molecule has 1 atom stereocenters. The van der Waals surface area contributed by atoms with Crippen LogP contribution in [0.5, 0.6) is 0 Å². The normalized spacial score (nSPS) is 22.6. The lowest BCUT2D eigenvalue weighted by atomic mass is 9.97. The first-order valence-corrected chi connectivity index (χ1v) is 5.13. The van der Waals surface area contributed by atoms with Crippen LogP contribution in [0.2, 0.25) is 0 Å². The second-order valence-corrected chi connectivity index (χ2v) is 4.10. The van der Waals surface area contributed by atoms with Crippen LogP contribution >= 0.6 is 0 Å². The first-order chi connectivity index (χ1) is 7.47. The number of rotatable bonds is 1. The van der Waals surface area contributed by atoms with E-state index >= 15 is 0 Å². The van der Waals surface area contributed by atoms with Gasteiger partial charge in [-0.3, -0.25) is 5.84 Å². The number of nitrogens with two attached hydrogens (primary N) is 1. The zero-order valence-electron chi connectivity index (χ0n) is 8.67. The van der Waals surface area contributed by atoms with Gasteiger partial charge >= 0.3 is 6.18 Å². The molecule has 1 aliphatic heterocycles. The predicted octanol–water partition coefficient (Wildman–Crippen LogP) is 2.37. The molecule has 1 unspecified atom stereocenters. The molecule has 1 heterocycles. The van der Waals surface area contributed by atoms with Crippen molar-refractivity contribution < 1.29 is 13.2 Å². The van der Waals surface area contributed by atoms with E-state index in [1.165, 1.54) is 0 Å². The molecule has 1 aromatic carbocycles. The number of hydrogen-bond acceptors (Lipinski definition) is 2. The summed E-state index contributed by atoms with van der Waals surface area (Å²) in [6.45, 7) is 1.51. The first kappa shape index (κ1) is 11.4. The maximum Gasteiger partial charge on any atom is 0.416 e. The van der Waals surface area contributed by atoms with Gasteiger partial charge in [-0.25, -0.2) is 5.01 Å². The van der Waals surface area contributed by atoms with Gasteiger partial charge in [0.15, 0.2) is 0 Å². The van der Waals surface area contributed by atoms with Crippen molar-refractivity contribution in [1.29, 1.82) is 0 Å². The number of benzene rings is 1. The molecule has 16 heavy (non-hydrogen) atoms. The molecule has 2 N–H and O–H groups in total. The third-order valence-corrected chi connectivity index (χ3v) is 2.93. The van der Waals surface area contributed by atoms with Crippen LogP contribution in [-0.4, -0.2) is 18.1 Å². The Morgan fingerprint density at radius 3 is 2.25 bits per heavy atom. The highest BCUT2D eigenvalue weighted by Crippen LogP contribution is 2.31. The summed E-state index contributed by atoms with van der Waals surface area (Å²) in [6, 6.07) is 5.36. The van der Waals surface area contributed by atoms with Gasteiger partial charge in [-0.05, 0) is 30.0 Å². The van der Waals surface area contributed by atoms with Gasteiger partial charge in [-0.1, -0.05) is 12.1 Å². The number of hydrogen-bond donors (Lipinski definition) is 1. The number of hydrazine groups is 1. The van der Waals surface area contributed by atoms with Crippen molar-refractivity contribution in [2.45, 2.75) is 18.5 Å². The molecule has 0 aliphatic carbocycles. The van der Waals surface area contributed by atoms with Crippen LogP contribution < -0.4 is 5.84 Å². The van der Waals surface area contributed by atoms with Crippen molar-refractivity contribution in [2.75, 3.05) is 13.1 Å². The summed E-state index contributed by atoms with van der Waals surface area (Å²) in [5.74, 6) is 5.87. The standard InChI is InChI=1S/C11H13F3N2/c12-11(13,14)10-3-1-8(2-4-10)9-5-6-16(15)7-9/h1-4,9H,5-7,15H2. The van der Waals surface area contributed by atoms with E-state index in [1.54, 1.807) is 17.1 Å². The Kier molecular flexibility index (Phi) is 2.90. The van der Waals surface area contributed by atoms with E-state index in [-0.39, 0.29) is 5.92 Å². The highest BCUT2D eigenvalue weighted by atomic mass is 19.4. The summed E-state index contributed by atoms with van der Waals surface area (Å²) >= 11 is 0. The molecule has 0 spiro atoms. The highest BCUT2D eigenvalue weighted by molar-refractivity contribution is 5.27. The SMILES string of the molecule is NN1CCC(c2ccc(C(F)(F)F)cc2)C1. The molecule has 1 aliphatic rings. The van der Waals surface area contributed by atoms with E-state index in [0.717, 1.165) is 30.7 Å². The van der Waals surface area contributed by atoms with Crippen LogP contribution in [0, 0.1) is 0 Å².